The van der Waals surface area contributed by atoms with Crippen molar-refractivity contribution in [1.29, 1.82) is 0 Å². The molecule has 0 aromatic carbocycles. The average Bonchev–Trinajstić information content (AvgIpc) is 3.04. The van der Waals surface area contributed by atoms with Crippen LogP contribution in [0.15, 0.2) is 41.7 Å². The summed E-state index contributed by atoms with van der Waals surface area (Å²) in [5.74, 6) is -0.116. The minimum atomic E-state index is -3.75. The third kappa shape index (κ3) is 2.84. The summed E-state index contributed by atoms with van der Waals surface area (Å²) < 4.78 is 29.3. The highest BCUT2D eigenvalue weighted by molar-refractivity contribution is 7.89. The van der Waals surface area contributed by atoms with E-state index in [1.807, 2.05) is 0 Å². The third-order valence-electron chi connectivity index (χ3n) is 4.00. The predicted molar refractivity (Wildman–Crippen MR) is 81.7 cm³/mol. The summed E-state index contributed by atoms with van der Waals surface area (Å²) in [7, 11) is -0.321. The van der Waals surface area contributed by atoms with Crippen LogP contribution in [-0.4, -0.2) is 47.1 Å². The fourth-order valence-corrected chi connectivity index (χ4v) is 4.03. The van der Waals surface area contributed by atoms with Crippen molar-refractivity contribution in [2.75, 3.05) is 7.05 Å². The number of hydrogen-bond acceptors (Lipinski definition) is 5. The lowest BCUT2D eigenvalue weighted by molar-refractivity contribution is -0.127. The van der Waals surface area contributed by atoms with Crippen LogP contribution in [-0.2, 0) is 21.9 Å². The molecule has 8 nitrogen and oxygen atoms in total. The Labute approximate surface area is 134 Å². The summed E-state index contributed by atoms with van der Waals surface area (Å²) in [6.45, 7) is 0. The molecule has 1 amide bonds. The van der Waals surface area contributed by atoms with E-state index in [0.717, 1.165) is 5.69 Å². The Bertz CT molecular complexity index is 818. The van der Waals surface area contributed by atoms with Crippen molar-refractivity contribution in [1.82, 2.24) is 24.4 Å². The largest absolute Gasteiger partial charge is 0.335 e. The normalized spacial score (nSPS) is 21.8. The van der Waals surface area contributed by atoms with Gasteiger partial charge in [0.2, 0.25) is 15.9 Å². The third-order valence-corrected chi connectivity index (χ3v) is 5.47. The maximum absolute atomic E-state index is 12.5. The van der Waals surface area contributed by atoms with Gasteiger partial charge in [0, 0.05) is 39.1 Å². The van der Waals surface area contributed by atoms with Gasteiger partial charge in [0.05, 0.1) is 17.8 Å². The van der Waals surface area contributed by atoms with Crippen molar-refractivity contribution in [3.8, 4) is 0 Å². The van der Waals surface area contributed by atoms with Crippen molar-refractivity contribution in [2.24, 2.45) is 7.05 Å². The second-order valence-electron chi connectivity index (χ2n) is 5.45. The summed E-state index contributed by atoms with van der Waals surface area (Å²) in [5.41, 5.74) is 0.775. The summed E-state index contributed by atoms with van der Waals surface area (Å²) in [6, 6.07) is 3.84. The molecule has 0 saturated carbocycles. The molecule has 3 heterocycles. The average molecular weight is 335 g/mol. The number of carbonyl (C=O) groups excluding carboxylic acids is 1. The number of sulfonamides is 1. The van der Waals surface area contributed by atoms with Crippen molar-refractivity contribution in [3.05, 3.63) is 42.5 Å². The van der Waals surface area contributed by atoms with E-state index >= 15 is 0 Å². The second-order valence-corrected chi connectivity index (χ2v) is 7.16. The maximum atomic E-state index is 12.5. The van der Waals surface area contributed by atoms with Gasteiger partial charge in [-0.25, -0.2) is 13.1 Å². The van der Waals surface area contributed by atoms with E-state index in [4.69, 9.17) is 0 Å². The fraction of sp³-hybridized carbons (Fsp3) is 0.357. The van der Waals surface area contributed by atoms with E-state index in [9.17, 15) is 13.2 Å². The van der Waals surface area contributed by atoms with E-state index in [1.54, 1.807) is 42.0 Å². The standard InChI is InChI=1S/C14H17N5O3S/c1-18-13(20)8-11(14(18)12-5-7-16-19(12)2)17-23(21,22)10-4-3-6-15-9-10/h3-7,9,11,14,17H,8H2,1-2H3/t11-,14-/m1/s1. The molecular weight excluding hydrogens is 318 g/mol. The number of aromatic nitrogens is 3. The van der Waals surface area contributed by atoms with Crippen LogP contribution < -0.4 is 4.72 Å². The second kappa shape index (κ2) is 5.74. The number of carbonyl (C=O) groups is 1. The zero-order chi connectivity index (χ0) is 16.6. The van der Waals surface area contributed by atoms with Crippen molar-refractivity contribution in [2.45, 2.75) is 23.4 Å². The summed E-state index contributed by atoms with van der Waals surface area (Å²) >= 11 is 0. The van der Waals surface area contributed by atoms with Crippen LogP contribution in [0.2, 0.25) is 0 Å². The van der Waals surface area contributed by atoms with Gasteiger partial charge in [0.1, 0.15) is 4.90 Å². The Kier molecular flexibility index (Phi) is 3.90. The Morgan fingerprint density at radius 2 is 2.04 bits per heavy atom. The van der Waals surface area contributed by atoms with Crippen LogP contribution in [0.4, 0.5) is 0 Å². The molecule has 0 bridgehead atoms. The van der Waals surface area contributed by atoms with E-state index in [2.05, 4.69) is 14.8 Å². The van der Waals surface area contributed by atoms with Gasteiger partial charge in [-0.2, -0.15) is 5.10 Å². The summed E-state index contributed by atoms with van der Waals surface area (Å²) in [4.78, 5) is 17.5. The Morgan fingerprint density at radius 3 is 2.65 bits per heavy atom. The molecule has 1 saturated heterocycles. The molecule has 23 heavy (non-hydrogen) atoms. The minimum Gasteiger partial charge on any atom is -0.335 e. The predicted octanol–water partition coefficient (Wildman–Crippen LogP) is 0.0654. The molecule has 0 aliphatic carbocycles. The van der Waals surface area contributed by atoms with Gasteiger partial charge >= 0.3 is 0 Å². The number of nitrogens with zero attached hydrogens (tertiary/aromatic N) is 4. The maximum Gasteiger partial charge on any atom is 0.242 e. The van der Waals surface area contributed by atoms with Crippen molar-refractivity contribution < 1.29 is 13.2 Å². The molecule has 2 atom stereocenters. The number of hydrogen-bond donors (Lipinski definition) is 1. The molecule has 1 aliphatic rings. The first kappa shape index (κ1) is 15.6. The number of pyridine rings is 1. The first-order valence-electron chi connectivity index (χ1n) is 7.06. The zero-order valence-corrected chi connectivity index (χ0v) is 13.6. The Balaban J connectivity index is 1.92. The Hall–Kier alpha value is -2.26. The molecule has 3 rings (SSSR count). The van der Waals surface area contributed by atoms with Crippen LogP contribution in [0, 0.1) is 0 Å². The molecule has 0 radical (unpaired) electrons. The number of likely N-dealkylation sites (tertiary alicyclic amines) is 1. The quantitative estimate of drug-likeness (QED) is 0.852. The van der Waals surface area contributed by atoms with Crippen molar-refractivity contribution in [3.63, 3.8) is 0 Å². The molecule has 9 heteroatoms. The van der Waals surface area contributed by atoms with Crippen molar-refractivity contribution >= 4 is 15.9 Å². The molecule has 1 N–H and O–H groups in total. The van der Waals surface area contributed by atoms with Crippen LogP contribution >= 0.6 is 0 Å². The summed E-state index contributed by atoms with van der Waals surface area (Å²) in [5, 5.41) is 4.10. The molecular formula is C14H17N5O3S. The van der Waals surface area contributed by atoms with Gasteiger partial charge in [-0.3, -0.25) is 14.5 Å². The number of aryl methyl sites for hydroxylation is 1. The highest BCUT2D eigenvalue weighted by Crippen LogP contribution is 2.32. The van der Waals surface area contributed by atoms with Crippen LogP contribution in [0.5, 0.6) is 0 Å². The molecule has 2 aromatic rings. The fourth-order valence-electron chi connectivity index (χ4n) is 2.83. The SMILES string of the molecule is CN1C(=O)C[C@@H](NS(=O)(=O)c2cccnc2)[C@@H]1c1ccnn1C. The summed E-state index contributed by atoms with van der Waals surface area (Å²) in [6.07, 6.45) is 4.51. The highest BCUT2D eigenvalue weighted by atomic mass is 32.2. The smallest absolute Gasteiger partial charge is 0.242 e. The van der Waals surface area contributed by atoms with Gasteiger partial charge in [-0.05, 0) is 18.2 Å². The van der Waals surface area contributed by atoms with E-state index in [-0.39, 0.29) is 17.2 Å². The van der Waals surface area contributed by atoms with Crippen LogP contribution in [0.25, 0.3) is 0 Å². The topological polar surface area (TPSA) is 97.2 Å². The van der Waals surface area contributed by atoms with Gasteiger partial charge in [0.25, 0.3) is 0 Å². The van der Waals surface area contributed by atoms with Crippen LogP contribution in [0.1, 0.15) is 18.2 Å². The number of rotatable bonds is 4. The molecule has 0 unspecified atom stereocenters. The van der Waals surface area contributed by atoms with Crippen LogP contribution in [0.3, 0.4) is 0 Å². The number of likely N-dealkylation sites (N-methyl/N-ethyl adjacent to an activating group) is 1. The zero-order valence-electron chi connectivity index (χ0n) is 12.7. The van der Waals surface area contributed by atoms with E-state index < -0.39 is 22.1 Å². The molecule has 2 aromatic heterocycles. The lowest BCUT2D eigenvalue weighted by Crippen LogP contribution is -2.39. The monoisotopic (exact) mass is 335 g/mol. The lowest BCUT2D eigenvalue weighted by atomic mass is 10.1. The molecule has 1 aliphatic heterocycles. The first-order valence-corrected chi connectivity index (χ1v) is 8.54. The lowest BCUT2D eigenvalue weighted by Gasteiger charge is -2.25. The van der Waals surface area contributed by atoms with Gasteiger partial charge in [-0.15, -0.1) is 0 Å². The van der Waals surface area contributed by atoms with E-state index in [1.165, 1.54) is 18.5 Å². The van der Waals surface area contributed by atoms with Gasteiger partial charge in [-0.1, -0.05) is 0 Å². The highest BCUT2D eigenvalue weighted by Gasteiger charge is 2.42. The molecule has 1 fully saturated rings. The molecule has 122 valence electrons. The number of nitrogens with one attached hydrogen (secondary N) is 1. The number of amides is 1. The van der Waals surface area contributed by atoms with E-state index in [0.29, 0.717) is 0 Å². The molecule has 0 spiro atoms. The first-order chi connectivity index (χ1) is 10.9. The van der Waals surface area contributed by atoms with Gasteiger partial charge in [0.15, 0.2) is 0 Å². The minimum absolute atomic E-state index is 0.0748. The van der Waals surface area contributed by atoms with Gasteiger partial charge < -0.3 is 4.90 Å². The Morgan fingerprint density at radius 1 is 1.26 bits per heavy atom.